The molecule has 1 aromatic carbocycles. The smallest absolute Gasteiger partial charge is 0.161 e. The van der Waals surface area contributed by atoms with E-state index < -0.39 is 0 Å². The molecule has 0 saturated carbocycles. The molecule has 1 aromatic heterocycles. The molecule has 0 spiro atoms. The van der Waals surface area contributed by atoms with Crippen LogP contribution >= 0.6 is 34.2 Å². The summed E-state index contributed by atoms with van der Waals surface area (Å²) in [5.41, 5.74) is 2.10. The van der Waals surface area contributed by atoms with Gasteiger partial charge in [-0.2, -0.15) is 0 Å². The maximum Gasteiger partial charge on any atom is 0.161 e. The predicted molar refractivity (Wildman–Crippen MR) is 88.6 cm³/mol. The second-order valence-corrected chi connectivity index (χ2v) is 7.15. The van der Waals surface area contributed by atoms with E-state index in [1.165, 1.54) is 6.07 Å². The molecule has 0 bridgehead atoms. The highest BCUT2D eigenvalue weighted by Gasteiger charge is 2.23. The molecule has 106 valence electrons. The Bertz CT molecular complexity index is 666. The van der Waals surface area contributed by atoms with Crippen LogP contribution in [0.4, 0.5) is 4.39 Å². The van der Waals surface area contributed by atoms with Crippen molar-refractivity contribution in [2.75, 3.05) is 0 Å². The largest absolute Gasteiger partial charge is 0.231 e. The van der Waals surface area contributed by atoms with Gasteiger partial charge >= 0.3 is 0 Å². The minimum absolute atomic E-state index is 0.132. The van der Waals surface area contributed by atoms with Gasteiger partial charge in [-0.05, 0) is 53.3 Å². The molecule has 0 amide bonds. The zero-order chi connectivity index (χ0) is 15.1. The summed E-state index contributed by atoms with van der Waals surface area (Å²) < 4.78 is 14.2. The average Bonchev–Trinajstić information content (AvgIpc) is 2.34. The second kappa shape index (κ2) is 5.56. The van der Waals surface area contributed by atoms with Crippen LogP contribution in [0.15, 0.2) is 18.2 Å². The van der Waals surface area contributed by atoms with Crippen molar-refractivity contribution in [1.82, 2.24) is 9.97 Å². The summed E-state index contributed by atoms with van der Waals surface area (Å²) in [5.74, 6) is 0.296. The van der Waals surface area contributed by atoms with Crippen LogP contribution in [-0.2, 0) is 5.41 Å². The molecule has 0 fully saturated rings. The predicted octanol–water partition coefficient (Wildman–Crippen LogP) is 5.15. The second-order valence-electron chi connectivity index (χ2n) is 5.71. The third-order valence-electron chi connectivity index (χ3n) is 2.94. The number of hydrogen-bond donors (Lipinski definition) is 0. The van der Waals surface area contributed by atoms with Crippen molar-refractivity contribution in [3.8, 4) is 11.4 Å². The van der Waals surface area contributed by atoms with E-state index in [0.717, 1.165) is 14.8 Å². The standard InChI is InChI=1S/C15H15ClFIN2/c1-8-7-9(5-6-10(8)17)14-19-12(15(2,3)4)11(18)13(16)20-14/h5-7H,1-4H3. The van der Waals surface area contributed by atoms with E-state index in [1.54, 1.807) is 19.1 Å². The Balaban J connectivity index is 2.63. The van der Waals surface area contributed by atoms with Gasteiger partial charge < -0.3 is 0 Å². The molecule has 0 unspecified atom stereocenters. The molecule has 1 heterocycles. The lowest BCUT2D eigenvalue weighted by Crippen LogP contribution is -2.17. The van der Waals surface area contributed by atoms with E-state index in [9.17, 15) is 4.39 Å². The van der Waals surface area contributed by atoms with Gasteiger partial charge in [0.15, 0.2) is 5.82 Å². The minimum Gasteiger partial charge on any atom is -0.231 e. The van der Waals surface area contributed by atoms with E-state index in [1.807, 2.05) is 0 Å². The molecule has 2 aromatic rings. The first-order chi connectivity index (χ1) is 9.20. The third kappa shape index (κ3) is 3.11. The molecule has 0 radical (unpaired) electrons. The Hall–Kier alpha value is -0.750. The van der Waals surface area contributed by atoms with Gasteiger partial charge in [-0.15, -0.1) is 0 Å². The lowest BCUT2D eigenvalue weighted by atomic mass is 9.92. The van der Waals surface area contributed by atoms with Crippen LogP contribution in [0.2, 0.25) is 5.15 Å². The highest BCUT2D eigenvalue weighted by molar-refractivity contribution is 14.1. The van der Waals surface area contributed by atoms with E-state index >= 15 is 0 Å². The van der Waals surface area contributed by atoms with Crippen molar-refractivity contribution >= 4 is 34.2 Å². The van der Waals surface area contributed by atoms with Gasteiger partial charge in [0.05, 0.1) is 9.26 Å². The van der Waals surface area contributed by atoms with Crippen LogP contribution in [0.3, 0.4) is 0 Å². The topological polar surface area (TPSA) is 25.8 Å². The Kier molecular flexibility index (Phi) is 4.35. The molecule has 5 heteroatoms. The molecule has 0 saturated heterocycles. The average molecular weight is 405 g/mol. The molecule has 0 aliphatic carbocycles. The van der Waals surface area contributed by atoms with Crippen molar-refractivity contribution in [2.45, 2.75) is 33.1 Å². The van der Waals surface area contributed by atoms with Gasteiger partial charge in [0.2, 0.25) is 0 Å². The fraction of sp³-hybridized carbons (Fsp3) is 0.333. The zero-order valence-corrected chi connectivity index (χ0v) is 14.7. The number of nitrogens with zero attached hydrogens (tertiary/aromatic N) is 2. The summed E-state index contributed by atoms with van der Waals surface area (Å²) in [7, 11) is 0. The number of rotatable bonds is 1. The van der Waals surface area contributed by atoms with Crippen LogP contribution in [-0.4, -0.2) is 9.97 Å². The lowest BCUT2D eigenvalue weighted by molar-refractivity contribution is 0.563. The number of hydrogen-bond acceptors (Lipinski definition) is 2. The molecule has 0 atom stereocenters. The Morgan fingerprint density at radius 1 is 1.20 bits per heavy atom. The van der Waals surface area contributed by atoms with Gasteiger partial charge in [-0.3, -0.25) is 0 Å². The SMILES string of the molecule is Cc1cc(-c2nc(Cl)c(I)c(C(C)(C)C)n2)ccc1F. The Morgan fingerprint density at radius 2 is 1.85 bits per heavy atom. The summed E-state index contributed by atoms with van der Waals surface area (Å²) >= 11 is 8.37. The van der Waals surface area contributed by atoms with E-state index in [0.29, 0.717) is 16.5 Å². The molecule has 0 aliphatic rings. The van der Waals surface area contributed by atoms with Gasteiger partial charge in [0, 0.05) is 11.0 Å². The molecular weight excluding hydrogens is 390 g/mol. The van der Waals surface area contributed by atoms with Crippen molar-refractivity contribution in [2.24, 2.45) is 0 Å². The van der Waals surface area contributed by atoms with E-state index in [4.69, 9.17) is 11.6 Å². The van der Waals surface area contributed by atoms with Crippen LogP contribution < -0.4 is 0 Å². The maximum atomic E-state index is 13.4. The fourth-order valence-corrected chi connectivity index (χ4v) is 3.05. The van der Waals surface area contributed by atoms with Crippen LogP contribution in [0.1, 0.15) is 32.0 Å². The van der Waals surface area contributed by atoms with Crippen molar-refractivity contribution < 1.29 is 4.39 Å². The first kappa shape index (κ1) is 15.6. The summed E-state index contributed by atoms with van der Waals surface area (Å²) in [4.78, 5) is 8.93. The molecule has 20 heavy (non-hydrogen) atoms. The molecular formula is C15H15ClFIN2. The Labute approximate surface area is 136 Å². The Morgan fingerprint density at radius 3 is 2.40 bits per heavy atom. The van der Waals surface area contributed by atoms with E-state index in [2.05, 4.69) is 53.3 Å². The number of halogens is 3. The molecule has 0 aliphatic heterocycles. The number of benzene rings is 1. The molecule has 0 N–H and O–H groups in total. The maximum absolute atomic E-state index is 13.4. The normalized spacial score (nSPS) is 11.8. The van der Waals surface area contributed by atoms with Crippen molar-refractivity contribution in [1.29, 1.82) is 0 Å². The molecule has 2 rings (SSSR count). The summed E-state index contributed by atoms with van der Waals surface area (Å²) in [6.07, 6.45) is 0. The van der Waals surface area contributed by atoms with E-state index in [-0.39, 0.29) is 11.2 Å². The molecule has 2 nitrogen and oxygen atoms in total. The first-order valence-corrected chi connectivity index (χ1v) is 7.66. The van der Waals surface area contributed by atoms with Gasteiger partial charge in [0.1, 0.15) is 11.0 Å². The van der Waals surface area contributed by atoms with Gasteiger partial charge in [-0.1, -0.05) is 32.4 Å². The van der Waals surface area contributed by atoms with Crippen LogP contribution in [0, 0.1) is 16.3 Å². The lowest BCUT2D eigenvalue weighted by Gasteiger charge is -2.20. The quantitative estimate of drug-likeness (QED) is 0.485. The first-order valence-electron chi connectivity index (χ1n) is 6.20. The summed E-state index contributed by atoms with van der Waals surface area (Å²) in [6.45, 7) is 7.95. The van der Waals surface area contributed by atoms with Crippen LogP contribution in [0.25, 0.3) is 11.4 Å². The van der Waals surface area contributed by atoms with Crippen LogP contribution in [0.5, 0.6) is 0 Å². The highest BCUT2D eigenvalue weighted by atomic mass is 127. The van der Waals surface area contributed by atoms with Gasteiger partial charge in [0.25, 0.3) is 0 Å². The van der Waals surface area contributed by atoms with Gasteiger partial charge in [-0.25, -0.2) is 14.4 Å². The monoisotopic (exact) mass is 404 g/mol. The highest BCUT2D eigenvalue weighted by Crippen LogP contribution is 2.31. The summed E-state index contributed by atoms with van der Waals surface area (Å²) in [6, 6.07) is 4.84. The minimum atomic E-state index is -0.235. The number of aromatic nitrogens is 2. The van der Waals surface area contributed by atoms with Crippen molar-refractivity contribution in [3.63, 3.8) is 0 Å². The van der Waals surface area contributed by atoms with Crippen molar-refractivity contribution in [3.05, 3.63) is 44.0 Å². The summed E-state index contributed by atoms with van der Waals surface area (Å²) in [5, 5.41) is 0.433. The third-order valence-corrected chi connectivity index (χ3v) is 4.55. The fourth-order valence-electron chi connectivity index (χ4n) is 1.83. The number of aryl methyl sites for hydroxylation is 1. The zero-order valence-electron chi connectivity index (χ0n) is 11.8.